The van der Waals surface area contributed by atoms with Crippen molar-refractivity contribution in [3.8, 4) is 0 Å². The average Bonchev–Trinajstić information content (AvgIpc) is 3.05. The number of rotatable bonds is 2. The third-order valence-electron chi connectivity index (χ3n) is 4.16. The second-order valence-electron chi connectivity index (χ2n) is 5.72. The van der Waals surface area contributed by atoms with Gasteiger partial charge in [-0.1, -0.05) is 6.07 Å². The van der Waals surface area contributed by atoms with Gasteiger partial charge in [-0.15, -0.1) is 0 Å². The highest BCUT2D eigenvalue weighted by Gasteiger charge is 2.07. The van der Waals surface area contributed by atoms with Crippen molar-refractivity contribution in [2.75, 3.05) is 0 Å². The van der Waals surface area contributed by atoms with Crippen LogP contribution >= 0.6 is 0 Å². The summed E-state index contributed by atoms with van der Waals surface area (Å²) in [6.07, 6.45) is 1.74. The summed E-state index contributed by atoms with van der Waals surface area (Å²) in [5.41, 5.74) is 4.55. The van der Waals surface area contributed by atoms with Crippen molar-refractivity contribution in [1.29, 1.82) is 0 Å². The number of aliphatic imine (C=N–C) groups is 1. The maximum absolute atomic E-state index is 12.0. The van der Waals surface area contributed by atoms with Crippen molar-refractivity contribution in [3.05, 3.63) is 62.9 Å². The summed E-state index contributed by atoms with van der Waals surface area (Å²) in [4.78, 5) is 33.1. The lowest BCUT2D eigenvalue weighted by molar-refractivity contribution is 0.795. The van der Waals surface area contributed by atoms with Gasteiger partial charge in [0.25, 0.3) is 0 Å². The topological polar surface area (TPSA) is 87.9 Å². The number of nitrogens with one attached hydrogen (secondary N) is 2. The Balaban J connectivity index is 1.74. The number of hydrogen-bond donors (Lipinski definition) is 2. The standard InChI is InChI=1S/C17H15N5O2/c1-21-14-6-3-10(7-15(14)22(2)17(21)24)9-18-11-4-5-12-13(8-11)20-16(23)19-12/h3-9H,1-2H3,(H2,19,20,23). The second-order valence-corrected chi connectivity index (χ2v) is 5.72. The molecule has 0 bridgehead atoms. The summed E-state index contributed by atoms with van der Waals surface area (Å²) >= 11 is 0. The van der Waals surface area contributed by atoms with E-state index in [2.05, 4.69) is 15.0 Å². The van der Waals surface area contributed by atoms with E-state index in [0.29, 0.717) is 0 Å². The number of H-pyrrole nitrogens is 2. The van der Waals surface area contributed by atoms with E-state index in [9.17, 15) is 9.59 Å². The molecule has 4 aromatic rings. The molecule has 0 fully saturated rings. The summed E-state index contributed by atoms with van der Waals surface area (Å²) in [6.45, 7) is 0. The number of aromatic amines is 2. The maximum Gasteiger partial charge on any atom is 0.328 e. The van der Waals surface area contributed by atoms with E-state index in [4.69, 9.17) is 0 Å². The fourth-order valence-electron chi connectivity index (χ4n) is 2.85. The zero-order chi connectivity index (χ0) is 16.8. The summed E-state index contributed by atoms with van der Waals surface area (Å²) in [5, 5.41) is 0. The fourth-order valence-corrected chi connectivity index (χ4v) is 2.85. The number of aromatic nitrogens is 4. The van der Waals surface area contributed by atoms with Crippen LogP contribution in [0.3, 0.4) is 0 Å². The van der Waals surface area contributed by atoms with E-state index in [1.54, 1.807) is 35.5 Å². The number of hydrogen-bond acceptors (Lipinski definition) is 3. The van der Waals surface area contributed by atoms with Gasteiger partial charge in [-0.05, 0) is 35.9 Å². The molecule has 4 rings (SSSR count). The average molecular weight is 321 g/mol. The van der Waals surface area contributed by atoms with Gasteiger partial charge >= 0.3 is 11.4 Å². The number of imidazole rings is 2. The molecule has 0 saturated heterocycles. The Kier molecular flexibility index (Phi) is 3.02. The van der Waals surface area contributed by atoms with Crippen molar-refractivity contribution >= 4 is 34.0 Å². The monoisotopic (exact) mass is 321 g/mol. The van der Waals surface area contributed by atoms with Crippen molar-refractivity contribution in [2.24, 2.45) is 19.1 Å². The maximum atomic E-state index is 12.0. The van der Waals surface area contributed by atoms with Crippen LogP contribution in [0.4, 0.5) is 5.69 Å². The van der Waals surface area contributed by atoms with Crippen LogP contribution in [0.15, 0.2) is 51.0 Å². The van der Waals surface area contributed by atoms with Crippen LogP contribution in [-0.2, 0) is 14.1 Å². The van der Waals surface area contributed by atoms with Gasteiger partial charge in [0, 0.05) is 20.3 Å². The fraction of sp³-hybridized carbons (Fsp3) is 0.118. The van der Waals surface area contributed by atoms with E-state index in [0.717, 1.165) is 33.3 Å². The van der Waals surface area contributed by atoms with E-state index in [1.165, 1.54) is 0 Å². The van der Waals surface area contributed by atoms with Gasteiger partial charge in [0.1, 0.15) is 0 Å². The smallest absolute Gasteiger partial charge is 0.306 e. The molecule has 7 nitrogen and oxygen atoms in total. The Bertz CT molecular complexity index is 1220. The zero-order valence-corrected chi connectivity index (χ0v) is 13.2. The molecule has 2 N–H and O–H groups in total. The molecule has 0 saturated carbocycles. The Morgan fingerprint density at radius 2 is 1.67 bits per heavy atom. The molecule has 0 amide bonds. The van der Waals surface area contributed by atoms with E-state index < -0.39 is 0 Å². The predicted octanol–water partition coefficient (Wildman–Crippen LogP) is 1.80. The normalized spacial score (nSPS) is 11.9. The SMILES string of the molecule is Cn1c(=O)n(C)c2cc(C=Nc3ccc4[nH]c(=O)[nH]c4c3)ccc21. The van der Waals surface area contributed by atoms with Crippen LogP contribution in [0.5, 0.6) is 0 Å². The van der Waals surface area contributed by atoms with Crippen LogP contribution in [0.2, 0.25) is 0 Å². The van der Waals surface area contributed by atoms with Crippen LogP contribution in [0, 0.1) is 0 Å². The Morgan fingerprint density at radius 3 is 2.50 bits per heavy atom. The minimum Gasteiger partial charge on any atom is -0.306 e. The summed E-state index contributed by atoms with van der Waals surface area (Å²) in [5.74, 6) is 0. The Labute approximate surface area is 135 Å². The first-order valence-electron chi connectivity index (χ1n) is 7.44. The molecule has 0 aliphatic rings. The Hall–Kier alpha value is -3.35. The van der Waals surface area contributed by atoms with Crippen molar-refractivity contribution in [1.82, 2.24) is 19.1 Å². The molecular formula is C17H15N5O2. The quantitative estimate of drug-likeness (QED) is 0.551. The van der Waals surface area contributed by atoms with Crippen LogP contribution in [0.25, 0.3) is 22.1 Å². The molecule has 0 atom stereocenters. The molecule has 0 unspecified atom stereocenters. The number of fused-ring (bicyclic) bond motifs is 2. The molecule has 24 heavy (non-hydrogen) atoms. The molecule has 0 aliphatic carbocycles. The summed E-state index contributed by atoms with van der Waals surface area (Å²) in [7, 11) is 3.51. The molecule has 2 aromatic heterocycles. The van der Waals surface area contributed by atoms with Gasteiger partial charge in [-0.2, -0.15) is 0 Å². The minimum atomic E-state index is -0.235. The van der Waals surface area contributed by atoms with E-state index in [-0.39, 0.29) is 11.4 Å². The first kappa shape index (κ1) is 14.3. The minimum absolute atomic E-state index is 0.0547. The van der Waals surface area contributed by atoms with E-state index >= 15 is 0 Å². The summed E-state index contributed by atoms with van der Waals surface area (Å²) in [6, 6.07) is 11.2. The predicted molar refractivity (Wildman–Crippen MR) is 94.3 cm³/mol. The van der Waals surface area contributed by atoms with Gasteiger partial charge in [-0.3, -0.25) is 14.1 Å². The van der Waals surface area contributed by atoms with Gasteiger partial charge in [-0.25, -0.2) is 9.59 Å². The van der Waals surface area contributed by atoms with Crippen molar-refractivity contribution < 1.29 is 0 Å². The molecule has 0 radical (unpaired) electrons. The molecule has 7 heteroatoms. The largest absolute Gasteiger partial charge is 0.328 e. The second kappa shape index (κ2) is 5.09. The molecular weight excluding hydrogens is 306 g/mol. The molecule has 0 spiro atoms. The number of benzene rings is 2. The third-order valence-corrected chi connectivity index (χ3v) is 4.16. The first-order chi connectivity index (χ1) is 11.5. The van der Waals surface area contributed by atoms with Crippen LogP contribution in [-0.4, -0.2) is 25.3 Å². The number of nitrogens with zero attached hydrogens (tertiary/aromatic N) is 3. The van der Waals surface area contributed by atoms with Gasteiger partial charge in [0.05, 0.1) is 27.8 Å². The van der Waals surface area contributed by atoms with Crippen molar-refractivity contribution in [3.63, 3.8) is 0 Å². The highest BCUT2D eigenvalue weighted by atomic mass is 16.1. The van der Waals surface area contributed by atoms with Gasteiger partial charge in [0.2, 0.25) is 0 Å². The lowest BCUT2D eigenvalue weighted by Crippen LogP contribution is -2.19. The van der Waals surface area contributed by atoms with Gasteiger partial charge in [0.15, 0.2) is 0 Å². The van der Waals surface area contributed by atoms with E-state index in [1.807, 2.05) is 30.3 Å². The highest BCUT2D eigenvalue weighted by Crippen LogP contribution is 2.18. The van der Waals surface area contributed by atoms with Gasteiger partial charge < -0.3 is 9.97 Å². The summed E-state index contributed by atoms with van der Waals surface area (Å²) < 4.78 is 3.23. The van der Waals surface area contributed by atoms with Crippen LogP contribution < -0.4 is 11.4 Å². The molecule has 2 aromatic carbocycles. The zero-order valence-electron chi connectivity index (χ0n) is 13.2. The Morgan fingerprint density at radius 1 is 0.917 bits per heavy atom. The molecule has 2 heterocycles. The molecule has 0 aliphatic heterocycles. The third kappa shape index (κ3) is 2.18. The highest BCUT2D eigenvalue weighted by molar-refractivity contribution is 5.89. The van der Waals surface area contributed by atoms with Crippen LogP contribution in [0.1, 0.15) is 5.56 Å². The number of aryl methyl sites for hydroxylation is 2. The van der Waals surface area contributed by atoms with Crippen molar-refractivity contribution in [2.45, 2.75) is 0 Å². The lowest BCUT2D eigenvalue weighted by atomic mass is 10.2. The first-order valence-corrected chi connectivity index (χ1v) is 7.44. The lowest BCUT2D eigenvalue weighted by Gasteiger charge is -1.98. The molecule has 120 valence electrons.